The molecule has 8 heteroatoms. The van der Waals surface area contributed by atoms with E-state index in [2.05, 4.69) is 26.6 Å². The molecule has 0 atom stereocenters. The fourth-order valence-corrected chi connectivity index (χ4v) is 1.80. The summed E-state index contributed by atoms with van der Waals surface area (Å²) in [6, 6.07) is 3.90. The maximum Gasteiger partial charge on any atom is 0.337 e. The van der Waals surface area contributed by atoms with Crippen LogP contribution in [0.15, 0.2) is 22.7 Å². The molecule has 0 unspecified atom stereocenters. The molecule has 0 aliphatic rings. The first-order chi connectivity index (χ1) is 9.40. The van der Waals surface area contributed by atoms with Crippen LogP contribution in [0.1, 0.15) is 23.2 Å². The third-order valence-electron chi connectivity index (χ3n) is 2.35. The molecule has 0 heterocycles. The summed E-state index contributed by atoms with van der Waals surface area (Å²) in [7, 11) is 0. The number of hydrogen-bond donors (Lipinski definition) is 4. The number of nitrogens with two attached hydrogens (primary N) is 1. The van der Waals surface area contributed by atoms with Crippen molar-refractivity contribution in [3.8, 4) is 0 Å². The van der Waals surface area contributed by atoms with E-state index in [0.717, 1.165) is 0 Å². The average Bonchev–Trinajstić information content (AvgIpc) is 2.34. The first kappa shape index (κ1) is 16.0. The lowest BCUT2D eigenvalue weighted by atomic mass is 10.2. The van der Waals surface area contributed by atoms with Gasteiger partial charge in [0.25, 0.3) is 0 Å². The van der Waals surface area contributed by atoms with Crippen LogP contribution in [0.4, 0.5) is 10.5 Å². The molecular weight excluding hydrogens is 330 g/mol. The van der Waals surface area contributed by atoms with Crippen molar-refractivity contribution >= 4 is 39.5 Å². The third-order valence-corrected chi connectivity index (χ3v) is 2.84. The number of halogens is 1. The van der Waals surface area contributed by atoms with E-state index in [4.69, 9.17) is 10.8 Å². The molecule has 0 spiro atoms. The number of nitrogens with one attached hydrogen (secondary N) is 2. The Balaban J connectivity index is 2.59. The summed E-state index contributed by atoms with van der Waals surface area (Å²) in [5, 5.41) is 14.0. The molecule has 1 aromatic rings. The van der Waals surface area contributed by atoms with E-state index in [0.29, 0.717) is 10.9 Å². The van der Waals surface area contributed by atoms with Crippen LogP contribution in [0.25, 0.3) is 0 Å². The summed E-state index contributed by atoms with van der Waals surface area (Å²) in [4.78, 5) is 33.1. The molecule has 0 saturated carbocycles. The van der Waals surface area contributed by atoms with Crippen molar-refractivity contribution in [3.05, 3.63) is 28.2 Å². The topological polar surface area (TPSA) is 122 Å². The van der Waals surface area contributed by atoms with Gasteiger partial charge in [0.2, 0.25) is 5.91 Å². The molecule has 3 amide bonds. The second-order valence-corrected chi connectivity index (χ2v) is 4.86. The molecule has 0 aromatic heterocycles. The number of anilines is 1. The molecule has 0 aliphatic heterocycles. The number of carboxylic acids is 1. The number of carbonyl (C=O) groups is 3. The van der Waals surface area contributed by atoms with Gasteiger partial charge in [-0.25, -0.2) is 9.59 Å². The molecule has 0 fully saturated rings. The van der Waals surface area contributed by atoms with Crippen LogP contribution in [0, 0.1) is 0 Å². The minimum atomic E-state index is -1.14. The minimum Gasteiger partial charge on any atom is -0.478 e. The Hall–Kier alpha value is -2.09. The van der Waals surface area contributed by atoms with Gasteiger partial charge in [0.05, 0.1) is 11.3 Å². The Morgan fingerprint density at radius 1 is 1.30 bits per heavy atom. The Kier molecular flexibility index (Phi) is 5.98. The van der Waals surface area contributed by atoms with Crippen LogP contribution < -0.4 is 16.4 Å². The zero-order valence-corrected chi connectivity index (χ0v) is 12.1. The van der Waals surface area contributed by atoms with Gasteiger partial charge in [-0.2, -0.15) is 0 Å². The fourth-order valence-electron chi connectivity index (χ4n) is 1.44. The maximum absolute atomic E-state index is 11.6. The van der Waals surface area contributed by atoms with Gasteiger partial charge in [-0.3, -0.25) is 4.79 Å². The highest BCUT2D eigenvalue weighted by Crippen LogP contribution is 2.21. The number of hydrogen-bond acceptors (Lipinski definition) is 3. The molecule has 7 nitrogen and oxygen atoms in total. The number of urea groups is 1. The van der Waals surface area contributed by atoms with E-state index in [-0.39, 0.29) is 24.2 Å². The monoisotopic (exact) mass is 343 g/mol. The predicted octanol–water partition coefficient (Wildman–Crippen LogP) is 1.53. The van der Waals surface area contributed by atoms with E-state index in [1.54, 1.807) is 6.07 Å². The second kappa shape index (κ2) is 7.49. The average molecular weight is 344 g/mol. The van der Waals surface area contributed by atoms with Crippen LogP contribution >= 0.6 is 15.9 Å². The third kappa shape index (κ3) is 5.27. The van der Waals surface area contributed by atoms with E-state index in [9.17, 15) is 14.4 Å². The molecule has 0 bridgehead atoms. The Morgan fingerprint density at radius 3 is 2.60 bits per heavy atom. The molecule has 108 valence electrons. The summed E-state index contributed by atoms with van der Waals surface area (Å²) in [6.45, 7) is 0.269. The molecule has 20 heavy (non-hydrogen) atoms. The normalized spacial score (nSPS) is 9.85. The molecule has 1 rings (SSSR count). The Labute approximate surface area is 123 Å². The van der Waals surface area contributed by atoms with Gasteiger partial charge in [0, 0.05) is 17.4 Å². The molecule has 0 radical (unpaired) electrons. The highest BCUT2D eigenvalue weighted by Gasteiger charge is 2.12. The first-order valence-corrected chi connectivity index (χ1v) is 6.55. The van der Waals surface area contributed by atoms with E-state index in [1.807, 2.05) is 0 Å². The zero-order chi connectivity index (χ0) is 15.1. The van der Waals surface area contributed by atoms with Crippen molar-refractivity contribution in [2.45, 2.75) is 12.8 Å². The van der Waals surface area contributed by atoms with Gasteiger partial charge in [-0.1, -0.05) is 15.9 Å². The van der Waals surface area contributed by atoms with Crippen LogP contribution in [0.5, 0.6) is 0 Å². The van der Waals surface area contributed by atoms with Crippen molar-refractivity contribution in [3.63, 3.8) is 0 Å². The minimum absolute atomic E-state index is 0.0134. The second-order valence-electron chi connectivity index (χ2n) is 3.95. The number of carboxylic acid groups (broad SMARTS) is 1. The molecule has 5 N–H and O–H groups in total. The number of primary amides is 1. The van der Waals surface area contributed by atoms with E-state index < -0.39 is 17.9 Å². The zero-order valence-electron chi connectivity index (χ0n) is 10.5. The van der Waals surface area contributed by atoms with E-state index >= 15 is 0 Å². The van der Waals surface area contributed by atoms with Crippen molar-refractivity contribution in [2.24, 2.45) is 5.73 Å². The van der Waals surface area contributed by atoms with Gasteiger partial charge in [-0.15, -0.1) is 0 Å². The Bertz CT molecular complexity index is 533. The molecule has 0 saturated heterocycles. The number of benzene rings is 1. The van der Waals surface area contributed by atoms with Crippen molar-refractivity contribution < 1.29 is 19.5 Å². The summed E-state index contributed by atoms with van der Waals surface area (Å²) < 4.78 is 0.645. The van der Waals surface area contributed by atoms with Gasteiger partial charge < -0.3 is 21.5 Å². The fraction of sp³-hybridized carbons (Fsp3) is 0.250. The first-order valence-electron chi connectivity index (χ1n) is 5.76. The lowest BCUT2D eigenvalue weighted by Gasteiger charge is -2.10. The SMILES string of the molecule is NC(=O)CCCNC(=O)Nc1cc(Br)ccc1C(=O)O. The van der Waals surface area contributed by atoms with Crippen LogP contribution in [0.2, 0.25) is 0 Å². The lowest BCUT2D eigenvalue weighted by molar-refractivity contribution is -0.118. The summed E-state index contributed by atoms with van der Waals surface area (Å²) in [5.74, 6) is -1.58. The van der Waals surface area contributed by atoms with Crippen LogP contribution in [0.3, 0.4) is 0 Å². The number of aromatic carboxylic acids is 1. The van der Waals surface area contributed by atoms with Gasteiger partial charge in [0.15, 0.2) is 0 Å². The number of rotatable bonds is 6. The molecule has 1 aromatic carbocycles. The number of amides is 3. The van der Waals surface area contributed by atoms with Crippen molar-refractivity contribution in [1.29, 1.82) is 0 Å². The summed E-state index contributed by atoms with van der Waals surface area (Å²) in [6.07, 6.45) is 0.602. The summed E-state index contributed by atoms with van der Waals surface area (Å²) in [5.41, 5.74) is 5.13. The Morgan fingerprint density at radius 2 is 2.00 bits per heavy atom. The van der Waals surface area contributed by atoms with Gasteiger partial charge in [0.1, 0.15) is 0 Å². The quantitative estimate of drug-likeness (QED) is 0.585. The molecule has 0 aliphatic carbocycles. The van der Waals surface area contributed by atoms with Crippen LogP contribution in [-0.4, -0.2) is 29.6 Å². The van der Waals surface area contributed by atoms with E-state index in [1.165, 1.54) is 12.1 Å². The highest BCUT2D eigenvalue weighted by molar-refractivity contribution is 9.10. The molecular formula is C12H14BrN3O4. The lowest BCUT2D eigenvalue weighted by Crippen LogP contribution is -2.30. The van der Waals surface area contributed by atoms with Crippen molar-refractivity contribution in [1.82, 2.24) is 5.32 Å². The maximum atomic E-state index is 11.6. The van der Waals surface area contributed by atoms with Gasteiger partial charge >= 0.3 is 12.0 Å². The largest absolute Gasteiger partial charge is 0.478 e. The number of carbonyl (C=O) groups excluding carboxylic acids is 2. The van der Waals surface area contributed by atoms with Gasteiger partial charge in [-0.05, 0) is 24.6 Å². The smallest absolute Gasteiger partial charge is 0.337 e. The predicted molar refractivity (Wildman–Crippen MR) is 76.6 cm³/mol. The van der Waals surface area contributed by atoms with Crippen molar-refractivity contribution in [2.75, 3.05) is 11.9 Å². The van der Waals surface area contributed by atoms with Crippen LogP contribution in [-0.2, 0) is 4.79 Å². The standard InChI is InChI=1S/C12H14BrN3O4/c13-7-3-4-8(11(18)19)9(6-7)16-12(20)15-5-1-2-10(14)17/h3-4,6H,1-2,5H2,(H2,14,17)(H,18,19)(H2,15,16,20). The highest BCUT2D eigenvalue weighted by atomic mass is 79.9. The summed E-state index contributed by atoms with van der Waals surface area (Å²) >= 11 is 3.20.